The highest BCUT2D eigenvalue weighted by Gasteiger charge is 2.23. The maximum absolute atomic E-state index is 6.01. The second kappa shape index (κ2) is 7.95. The molecule has 7 nitrogen and oxygen atoms in total. The van der Waals surface area contributed by atoms with Crippen LogP contribution in [0, 0.1) is 20.8 Å². The van der Waals surface area contributed by atoms with Gasteiger partial charge in [0.15, 0.2) is 0 Å². The summed E-state index contributed by atoms with van der Waals surface area (Å²) in [5.74, 6) is 2.55. The van der Waals surface area contributed by atoms with Crippen molar-refractivity contribution in [3.05, 3.63) is 71.3 Å². The van der Waals surface area contributed by atoms with Crippen LogP contribution in [0.1, 0.15) is 35.2 Å². The number of para-hydroxylation sites is 1. The molecule has 0 aliphatic heterocycles. The lowest BCUT2D eigenvalue weighted by atomic mass is 9.94. The van der Waals surface area contributed by atoms with Gasteiger partial charge in [0, 0.05) is 44.2 Å². The number of rotatable bonds is 5. The number of fused-ring (bicyclic) bond motifs is 2. The van der Waals surface area contributed by atoms with Crippen LogP contribution in [0.5, 0.6) is 5.75 Å². The van der Waals surface area contributed by atoms with Crippen LogP contribution < -0.4 is 10.5 Å². The minimum Gasteiger partial charge on any atom is -0.496 e. The summed E-state index contributed by atoms with van der Waals surface area (Å²) in [5, 5.41) is 6.17. The van der Waals surface area contributed by atoms with Crippen LogP contribution in [0.2, 0.25) is 0 Å². The quantitative estimate of drug-likeness (QED) is 0.214. The number of aryl methyl sites for hydroxylation is 3. The molecule has 0 atom stereocenters. The molecule has 34 heavy (non-hydrogen) atoms. The molecule has 0 saturated heterocycles. The number of benzene rings is 2. The van der Waals surface area contributed by atoms with Crippen molar-refractivity contribution in [3.8, 4) is 16.9 Å². The molecule has 0 amide bonds. The smallest absolute Gasteiger partial charge is 0.141 e. The van der Waals surface area contributed by atoms with Crippen molar-refractivity contribution in [3.63, 3.8) is 0 Å². The fourth-order valence-electron chi connectivity index (χ4n) is 4.80. The molecule has 4 N–H and O–H groups in total. The van der Waals surface area contributed by atoms with Crippen LogP contribution in [0.15, 0.2) is 52.5 Å². The molecule has 0 unspecified atom stereocenters. The minimum atomic E-state index is 0.453. The molecule has 172 valence electrons. The monoisotopic (exact) mass is 453 g/mol. The first-order valence-electron chi connectivity index (χ1n) is 11.0. The average Bonchev–Trinajstić information content (AvgIpc) is 3.43. The van der Waals surface area contributed by atoms with Crippen molar-refractivity contribution in [2.75, 3.05) is 7.11 Å². The van der Waals surface area contributed by atoms with Gasteiger partial charge in [0.25, 0.3) is 0 Å². The molecule has 0 aliphatic carbocycles. The van der Waals surface area contributed by atoms with E-state index in [4.69, 9.17) is 15.0 Å². The van der Waals surface area contributed by atoms with E-state index in [1.54, 1.807) is 14.0 Å². The van der Waals surface area contributed by atoms with Crippen LogP contribution >= 0.6 is 0 Å². The number of methoxy groups -OCH3 is 1. The number of amidine groups is 1. The second-order valence-electron chi connectivity index (χ2n) is 8.55. The number of aromatic nitrogens is 3. The molecule has 5 aromatic rings. The zero-order valence-electron chi connectivity index (χ0n) is 20.0. The highest BCUT2D eigenvalue weighted by molar-refractivity contribution is 6.08. The van der Waals surface area contributed by atoms with E-state index < -0.39 is 0 Å². The van der Waals surface area contributed by atoms with E-state index in [0.717, 1.165) is 66.8 Å². The molecular weight excluding hydrogens is 426 g/mol. The maximum atomic E-state index is 6.01. The van der Waals surface area contributed by atoms with E-state index in [0.29, 0.717) is 17.4 Å². The van der Waals surface area contributed by atoms with Crippen LogP contribution in [0.25, 0.3) is 38.5 Å². The Bertz CT molecular complexity index is 1590. The van der Waals surface area contributed by atoms with Crippen molar-refractivity contribution >= 4 is 39.0 Å². The third kappa shape index (κ3) is 3.28. The van der Waals surface area contributed by atoms with Crippen molar-refractivity contribution in [1.29, 1.82) is 0 Å². The predicted molar refractivity (Wildman–Crippen MR) is 138 cm³/mol. The van der Waals surface area contributed by atoms with E-state index in [1.807, 2.05) is 38.1 Å². The molecule has 5 rings (SSSR count). The molecule has 0 bridgehead atoms. The Morgan fingerprint density at radius 1 is 1.06 bits per heavy atom. The summed E-state index contributed by atoms with van der Waals surface area (Å²) in [4.78, 5) is 11.5. The van der Waals surface area contributed by atoms with Gasteiger partial charge in [-0.15, -0.1) is 0 Å². The number of nitrogens with two attached hydrogens (primary N) is 1. The Labute approximate surface area is 197 Å². The SMILES string of the molecule is C=C(c1c(C)[nH]c2ccccc12)c1c(N=C(C)N)[nH]c2cc(-c3c(C)noc3C)c(OC)cc12. The van der Waals surface area contributed by atoms with Crippen LogP contribution in [0.4, 0.5) is 5.82 Å². The lowest BCUT2D eigenvalue weighted by Crippen LogP contribution is -2.04. The molecule has 0 saturated carbocycles. The Morgan fingerprint density at radius 2 is 1.82 bits per heavy atom. The molecule has 7 heteroatoms. The zero-order valence-corrected chi connectivity index (χ0v) is 20.0. The highest BCUT2D eigenvalue weighted by atomic mass is 16.5. The van der Waals surface area contributed by atoms with Gasteiger partial charge in [0.2, 0.25) is 0 Å². The Morgan fingerprint density at radius 3 is 2.50 bits per heavy atom. The summed E-state index contributed by atoms with van der Waals surface area (Å²) >= 11 is 0. The lowest BCUT2D eigenvalue weighted by Gasteiger charge is -2.11. The van der Waals surface area contributed by atoms with Gasteiger partial charge in [-0.3, -0.25) is 0 Å². The molecule has 0 radical (unpaired) electrons. The summed E-state index contributed by atoms with van der Waals surface area (Å²) in [6.45, 7) is 12.2. The molecular formula is C27H27N5O2. The van der Waals surface area contributed by atoms with E-state index in [9.17, 15) is 0 Å². The standard InChI is InChI=1S/C27H27N5O2/c1-13(24-14(2)29-21-10-8-7-9-18(21)24)25-19-12-23(33-6)20(26-15(3)32-34-16(26)4)11-22(19)31-27(25)30-17(5)28/h7-12,29,31H,1H2,2-6H3,(H2,28,30). The fourth-order valence-corrected chi connectivity index (χ4v) is 4.80. The van der Waals surface area contributed by atoms with Gasteiger partial charge in [0.1, 0.15) is 17.3 Å². The van der Waals surface area contributed by atoms with Gasteiger partial charge >= 0.3 is 0 Å². The topological polar surface area (TPSA) is 105 Å². The van der Waals surface area contributed by atoms with E-state index >= 15 is 0 Å². The van der Waals surface area contributed by atoms with Crippen molar-refractivity contribution in [1.82, 2.24) is 15.1 Å². The molecule has 0 aliphatic rings. The van der Waals surface area contributed by atoms with Gasteiger partial charge in [-0.25, -0.2) is 4.99 Å². The normalized spacial score (nSPS) is 12.1. The summed E-state index contributed by atoms with van der Waals surface area (Å²) in [6.07, 6.45) is 0. The number of nitrogens with zero attached hydrogens (tertiary/aromatic N) is 2. The maximum Gasteiger partial charge on any atom is 0.141 e. The van der Waals surface area contributed by atoms with E-state index in [2.05, 4.69) is 45.8 Å². The Balaban J connectivity index is 1.81. The zero-order chi connectivity index (χ0) is 24.1. The average molecular weight is 454 g/mol. The first kappa shape index (κ1) is 21.6. The van der Waals surface area contributed by atoms with Gasteiger partial charge in [-0.05, 0) is 51.5 Å². The Hall–Kier alpha value is -4.26. The number of hydrogen-bond acceptors (Lipinski definition) is 4. The van der Waals surface area contributed by atoms with Crippen LogP contribution in [0.3, 0.4) is 0 Å². The molecule has 3 aromatic heterocycles. The van der Waals surface area contributed by atoms with Gasteiger partial charge in [0.05, 0.1) is 24.2 Å². The minimum absolute atomic E-state index is 0.453. The molecule has 0 spiro atoms. The van der Waals surface area contributed by atoms with Gasteiger partial charge in [-0.2, -0.15) is 0 Å². The van der Waals surface area contributed by atoms with Crippen LogP contribution in [-0.2, 0) is 0 Å². The number of aromatic amines is 2. The number of ether oxygens (including phenoxy) is 1. The molecule has 3 heterocycles. The van der Waals surface area contributed by atoms with Crippen LogP contribution in [-0.4, -0.2) is 28.1 Å². The summed E-state index contributed by atoms with van der Waals surface area (Å²) < 4.78 is 11.2. The fraction of sp³-hybridized carbons (Fsp3) is 0.185. The number of H-pyrrole nitrogens is 2. The van der Waals surface area contributed by atoms with Gasteiger partial charge < -0.3 is 25.0 Å². The van der Waals surface area contributed by atoms with E-state index in [-0.39, 0.29) is 0 Å². The van der Waals surface area contributed by atoms with Crippen molar-refractivity contribution in [2.45, 2.75) is 27.7 Å². The second-order valence-corrected chi connectivity index (χ2v) is 8.55. The molecule has 2 aromatic carbocycles. The summed E-state index contributed by atoms with van der Waals surface area (Å²) in [7, 11) is 1.66. The number of hydrogen-bond donors (Lipinski definition) is 3. The summed E-state index contributed by atoms with van der Waals surface area (Å²) in [5.41, 5.74) is 14.4. The molecule has 0 fully saturated rings. The third-order valence-corrected chi connectivity index (χ3v) is 6.19. The predicted octanol–water partition coefficient (Wildman–Crippen LogP) is 6.31. The van der Waals surface area contributed by atoms with Crippen molar-refractivity contribution < 1.29 is 9.26 Å². The highest BCUT2D eigenvalue weighted by Crippen LogP contribution is 2.44. The lowest BCUT2D eigenvalue weighted by molar-refractivity contribution is 0.393. The number of aliphatic imine (C=N–C) groups is 1. The van der Waals surface area contributed by atoms with Crippen molar-refractivity contribution in [2.24, 2.45) is 10.7 Å². The van der Waals surface area contributed by atoms with E-state index in [1.165, 1.54) is 0 Å². The Kier molecular flexibility index (Phi) is 5.05. The summed E-state index contributed by atoms with van der Waals surface area (Å²) in [6, 6.07) is 12.3. The third-order valence-electron chi connectivity index (χ3n) is 6.19. The largest absolute Gasteiger partial charge is 0.496 e. The first-order valence-corrected chi connectivity index (χ1v) is 11.0. The first-order chi connectivity index (χ1) is 16.3. The number of nitrogens with one attached hydrogen (secondary N) is 2. The van der Waals surface area contributed by atoms with Gasteiger partial charge in [-0.1, -0.05) is 29.9 Å².